The molecule has 0 atom stereocenters. The van der Waals surface area contributed by atoms with Crippen LogP contribution in [0, 0.1) is 10.1 Å². The number of benzene rings is 1. The van der Waals surface area contributed by atoms with Crippen molar-refractivity contribution in [3.05, 3.63) is 33.9 Å². The lowest BCUT2D eigenvalue weighted by Crippen LogP contribution is -2.25. The van der Waals surface area contributed by atoms with E-state index in [0.29, 0.717) is 13.0 Å². The van der Waals surface area contributed by atoms with Gasteiger partial charge in [-0.25, -0.2) is 0 Å². The third-order valence-electron chi connectivity index (χ3n) is 3.34. The highest BCUT2D eigenvalue weighted by Crippen LogP contribution is 2.23. The van der Waals surface area contributed by atoms with E-state index in [2.05, 4.69) is 17.1 Å². The minimum atomic E-state index is -0.364. The van der Waals surface area contributed by atoms with Crippen LogP contribution in [0.4, 0.5) is 11.4 Å². The topological polar surface area (TPSA) is 78.6 Å². The third kappa shape index (κ3) is 5.69. The molecule has 6 heteroatoms. The average Bonchev–Trinajstić information content (AvgIpc) is 2.49. The Kier molecular flexibility index (Phi) is 7.71. The number of nitro groups is 1. The van der Waals surface area contributed by atoms with Crippen molar-refractivity contribution in [3.63, 3.8) is 0 Å². The summed E-state index contributed by atoms with van der Waals surface area (Å²) in [6.45, 7) is 7.40. The van der Waals surface area contributed by atoms with E-state index in [0.717, 1.165) is 37.3 Å². The molecule has 0 saturated heterocycles. The lowest BCUT2D eigenvalue weighted by atomic mass is 10.1. The highest BCUT2D eigenvalue weighted by atomic mass is 16.6. The minimum Gasteiger partial charge on any atom is -0.396 e. The first-order valence-corrected chi connectivity index (χ1v) is 7.46. The second kappa shape index (κ2) is 9.31. The molecule has 1 aromatic carbocycles. The highest BCUT2D eigenvalue weighted by Gasteiger charge is 2.13. The quantitative estimate of drug-likeness (QED) is 0.512. The van der Waals surface area contributed by atoms with E-state index in [9.17, 15) is 10.1 Å². The number of aliphatic hydroxyl groups excluding tert-OH is 1. The predicted molar refractivity (Wildman–Crippen MR) is 84.5 cm³/mol. The number of aliphatic hydroxyl groups is 1. The van der Waals surface area contributed by atoms with E-state index in [-0.39, 0.29) is 17.2 Å². The summed E-state index contributed by atoms with van der Waals surface area (Å²) < 4.78 is 0. The fourth-order valence-electron chi connectivity index (χ4n) is 2.14. The first-order valence-electron chi connectivity index (χ1n) is 7.46. The molecule has 0 aromatic heterocycles. The lowest BCUT2D eigenvalue weighted by molar-refractivity contribution is -0.384. The number of rotatable bonds is 10. The summed E-state index contributed by atoms with van der Waals surface area (Å²) in [6.07, 6.45) is 1.71. The van der Waals surface area contributed by atoms with Crippen molar-refractivity contribution in [1.82, 2.24) is 4.90 Å². The molecule has 21 heavy (non-hydrogen) atoms. The maximum Gasteiger partial charge on any atom is 0.269 e. The maximum absolute atomic E-state index is 10.9. The highest BCUT2D eigenvalue weighted by molar-refractivity contribution is 5.56. The predicted octanol–water partition coefficient (Wildman–Crippen LogP) is 2.62. The molecular formula is C15H25N3O3. The second-order valence-corrected chi connectivity index (χ2v) is 4.97. The van der Waals surface area contributed by atoms with E-state index >= 15 is 0 Å². The molecule has 0 aliphatic carbocycles. The van der Waals surface area contributed by atoms with E-state index in [1.165, 1.54) is 6.07 Å². The smallest absolute Gasteiger partial charge is 0.269 e. The van der Waals surface area contributed by atoms with Gasteiger partial charge in [-0.15, -0.1) is 0 Å². The summed E-state index contributed by atoms with van der Waals surface area (Å²) >= 11 is 0. The molecule has 1 aromatic rings. The van der Waals surface area contributed by atoms with Crippen LogP contribution < -0.4 is 5.32 Å². The molecule has 0 fully saturated rings. The second-order valence-electron chi connectivity index (χ2n) is 4.97. The SMILES string of the molecule is CCCNc1ccc([N+](=O)[O-])cc1CN(CC)CCCO. The van der Waals surface area contributed by atoms with Gasteiger partial charge >= 0.3 is 0 Å². The molecule has 2 N–H and O–H groups in total. The number of hydrogen-bond acceptors (Lipinski definition) is 5. The molecule has 0 aliphatic rings. The zero-order chi connectivity index (χ0) is 15.7. The number of nitrogens with one attached hydrogen (secondary N) is 1. The van der Waals surface area contributed by atoms with Crippen LogP contribution in [-0.2, 0) is 6.54 Å². The van der Waals surface area contributed by atoms with Crippen LogP contribution in [0.5, 0.6) is 0 Å². The van der Waals surface area contributed by atoms with Crippen molar-refractivity contribution in [2.24, 2.45) is 0 Å². The van der Waals surface area contributed by atoms with Crippen molar-refractivity contribution in [2.45, 2.75) is 33.2 Å². The van der Waals surface area contributed by atoms with Gasteiger partial charge in [-0.2, -0.15) is 0 Å². The van der Waals surface area contributed by atoms with Gasteiger partial charge in [0.25, 0.3) is 5.69 Å². The summed E-state index contributed by atoms with van der Waals surface area (Å²) in [4.78, 5) is 12.8. The van der Waals surface area contributed by atoms with Crippen LogP contribution in [0.3, 0.4) is 0 Å². The van der Waals surface area contributed by atoms with Gasteiger partial charge in [0, 0.05) is 44.1 Å². The Morgan fingerprint density at radius 2 is 2.14 bits per heavy atom. The van der Waals surface area contributed by atoms with E-state index in [4.69, 9.17) is 5.11 Å². The van der Waals surface area contributed by atoms with Gasteiger partial charge in [-0.1, -0.05) is 13.8 Å². The maximum atomic E-state index is 10.9. The molecule has 0 bridgehead atoms. The van der Waals surface area contributed by atoms with Gasteiger partial charge in [0.2, 0.25) is 0 Å². The first-order chi connectivity index (χ1) is 10.1. The molecule has 0 unspecified atom stereocenters. The van der Waals surface area contributed by atoms with Crippen LogP contribution in [0.25, 0.3) is 0 Å². The van der Waals surface area contributed by atoms with Crippen molar-refractivity contribution < 1.29 is 10.0 Å². The van der Waals surface area contributed by atoms with Crippen molar-refractivity contribution in [1.29, 1.82) is 0 Å². The fraction of sp³-hybridized carbons (Fsp3) is 0.600. The first kappa shape index (κ1) is 17.4. The number of hydrogen-bond donors (Lipinski definition) is 2. The largest absolute Gasteiger partial charge is 0.396 e. The standard InChI is InChI=1S/C15H25N3O3/c1-3-8-16-15-7-6-14(18(20)21)11-13(15)12-17(4-2)9-5-10-19/h6-7,11,16,19H,3-5,8-10,12H2,1-2H3. The molecule has 0 saturated carbocycles. The Morgan fingerprint density at radius 1 is 1.38 bits per heavy atom. The molecule has 0 aliphatic heterocycles. The van der Waals surface area contributed by atoms with Gasteiger partial charge in [0.1, 0.15) is 0 Å². The molecule has 1 rings (SSSR count). The number of nitrogens with zero attached hydrogens (tertiary/aromatic N) is 2. The van der Waals surface area contributed by atoms with Crippen molar-refractivity contribution in [3.8, 4) is 0 Å². The number of non-ortho nitro benzene ring substituents is 1. The van der Waals surface area contributed by atoms with Crippen LogP contribution in [0.1, 0.15) is 32.3 Å². The zero-order valence-electron chi connectivity index (χ0n) is 12.8. The van der Waals surface area contributed by atoms with E-state index in [1.54, 1.807) is 12.1 Å². The van der Waals surface area contributed by atoms with Crippen molar-refractivity contribution >= 4 is 11.4 Å². The molecule has 0 spiro atoms. The summed E-state index contributed by atoms with van der Waals surface area (Å²) in [6, 6.07) is 4.95. The molecule has 0 radical (unpaired) electrons. The molecule has 0 amide bonds. The van der Waals surface area contributed by atoms with Gasteiger partial charge in [0.15, 0.2) is 0 Å². The Hall–Kier alpha value is -1.66. The Balaban J connectivity index is 2.92. The van der Waals surface area contributed by atoms with Gasteiger partial charge in [-0.3, -0.25) is 15.0 Å². The third-order valence-corrected chi connectivity index (χ3v) is 3.34. The van der Waals surface area contributed by atoms with E-state index < -0.39 is 0 Å². The van der Waals surface area contributed by atoms with Crippen molar-refractivity contribution in [2.75, 3.05) is 31.6 Å². The van der Waals surface area contributed by atoms with Crippen LogP contribution >= 0.6 is 0 Å². The van der Waals surface area contributed by atoms with Crippen LogP contribution in [-0.4, -0.2) is 41.2 Å². The zero-order valence-corrected chi connectivity index (χ0v) is 12.8. The normalized spacial score (nSPS) is 10.9. The summed E-state index contributed by atoms with van der Waals surface area (Å²) in [7, 11) is 0. The summed E-state index contributed by atoms with van der Waals surface area (Å²) in [5, 5.41) is 23.2. The Morgan fingerprint density at radius 3 is 2.71 bits per heavy atom. The number of nitro benzene ring substituents is 1. The Labute approximate surface area is 125 Å². The Bertz CT molecular complexity index is 452. The molecular weight excluding hydrogens is 270 g/mol. The lowest BCUT2D eigenvalue weighted by Gasteiger charge is -2.22. The van der Waals surface area contributed by atoms with E-state index in [1.807, 2.05) is 6.92 Å². The minimum absolute atomic E-state index is 0.116. The number of anilines is 1. The fourth-order valence-corrected chi connectivity index (χ4v) is 2.14. The van der Waals surface area contributed by atoms with Gasteiger partial charge in [-0.05, 0) is 31.0 Å². The van der Waals surface area contributed by atoms with Gasteiger partial charge < -0.3 is 10.4 Å². The van der Waals surface area contributed by atoms with Gasteiger partial charge in [0.05, 0.1) is 4.92 Å². The molecule has 6 nitrogen and oxygen atoms in total. The monoisotopic (exact) mass is 295 g/mol. The average molecular weight is 295 g/mol. The van der Waals surface area contributed by atoms with Crippen LogP contribution in [0.2, 0.25) is 0 Å². The summed E-state index contributed by atoms with van der Waals surface area (Å²) in [5.74, 6) is 0. The molecule has 0 heterocycles. The van der Waals surface area contributed by atoms with Crippen LogP contribution in [0.15, 0.2) is 18.2 Å². The molecule has 118 valence electrons. The summed E-state index contributed by atoms with van der Waals surface area (Å²) in [5.41, 5.74) is 1.99.